The van der Waals surface area contributed by atoms with Crippen molar-refractivity contribution in [1.29, 1.82) is 0 Å². The molecule has 0 bridgehead atoms. The Kier molecular flexibility index (Phi) is 8.02. The molecule has 1 unspecified atom stereocenters. The fourth-order valence-electron chi connectivity index (χ4n) is 1.95. The van der Waals surface area contributed by atoms with Gasteiger partial charge in [0.05, 0.1) is 31.0 Å². The van der Waals surface area contributed by atoms with E-state index in [0.717, 1.165) is 7.11 Å². The molecule has 13 heteroatoms. The summed E-state index contributed by atoms with van der Waals surface area (Å²) in [5.74, 6) is -6.04. The molecule has 0 aliphatic rings. The molecule has 7 nitrogen and oxygen atoms in total. The van der Waals surface area contributed by atoms with E-state index in [1.165, 1.54) is 0 Å². The highest BCUT2D eigenvalue weighted by molar-refractivity contribution is 7.93. The highest BCUT2D eigenvalue weighted by atomic mass is 32.2. The van der Waals surface area contributed by atoms with Gasteiger partial charge in [0.1, 0.15) is 11.4 Å². The average Bonchev–Trinajstić information content (AvgIpc) is 2.60. The van der Waals surface area contributed by atoms with Crippen LogP contribution in [0.4, 0.5) is 23.2 Å². The predicted molar refractivity (Wildman–Crippen MR) is 89.0 cm³/mol. The molecule has 1 atom stereocenters. The zero-order valence-corrected chi connectivity index (χ0v) is 15.7. The van der Waals surface area contributed by atoms with Crippen LogP contribution in [0.2, 0.25) is 0 Å². The molecular weight excluding hydrogens is 418 g/mol. The summed E-state index contributed by atoms with van der Waals surface area (Å²) in [5, 5.41) is 0. The van der Waals surface area contributed by atoms with Crippen molar-refractivity contribution in [3.05, 3.63) is 29.3 Å². The number of ether oxygens (including phenoxy) is 1. The van der Waals surface area contributed by atoms with Crippen LogP contribution < -0.4 is 4.72 Å². The number of sulfone groups is 1. The number of nitrogens with one attached hydrogen (secondary N) is 1. The maximum Gasteiger partial charge on any atom is 0.343 e. The van der Waals surface area contributed by atoms with E-state index < -0.39 is 85.2 Å². The minimum absolute atomic E-state index is 0.426. The van der Waals surface area contributed by atoms with Crippen LogP contribution in [-0.2, 0) is 24.6 Å². The van der Waals surface area contributed by atoms with Crippen molar-refractivity contribution in [3.8, 4) is 0 Å². The molecule has 154 valence electrons. The van der Waals surface area contributed by atoms with E-state index in [1.807, 2.05) is 0 Å². The van der Waals surface area contributed by atoms with Crippen LogP contribution in [0.15, 0.2) is 12.1 Å². The van der Waals surface area contributed by atoms with Gasteiger partial charge in [-0.05, 0) is 18.6 Å². The second-order valence-electron chi connectivity index (χ2n) is 5.30. The fourth-order valence-corrected chi connectivity index (χ4v) is 4.46. The lowest BCUT2D eigenvalue weighted by atomic mass is 10.2. The van der Waals surface area contributed by atoms with Crippen molar-refractivity contribution >= 4 is 31.5 Å². The van der Waals surface area contributed by atoms with Crippen LogP contribution in [-0.4, -0.2) is 53.6 Å². The lowest BCUT2D eigenvalue weighted by molar-refractivity contribution is 0.0590. The Bertz CT molecular complexity index is 889. The fraction of sp³-hybridized carbons (Fsp3) is 0.500. The average molecular weight is 435 g/mol. The van der Waals surface area contributed by atoms with Gasteiger partial charge in [0.15, 0.2) is 15.7 Å². The first-order chi connectivity index (χ1) is 12.4. The van der Waals surface area contributed by atoms with Gasteiger partial charge in [-0.2, -0.15) is 0 Å². The molecule has 1 N–H and O–H groups in total. The van der Waals surface area contributed by atoms with E-state index in [2.05, 4.69) is 4.74 Å². The zero-order chi connectivity index (χ0) is 20.8. The SMILES string of the molecule is COC(=O)c1c(F)ccc(NS(=O)(=O)CCC(F)S(=O)(=O)CCCF)c1F. The largest absolute Gasteiger partial charge is 0.465 e. The predicted octanol–water partition coefficient (Wildman–Crippen LogP) is 1.95. The third kappa shape index (κ3) is 6.34. The van der Waals surface area contributed by atoms with Gasteiger partial charge < -0.3 is 4.74 Å². The zero-order valence-electron chi connectivity index (χ0n) is 14.0. The van der Waals surface area contributed by atoms with Crippen LogP contribution in [0.5, 0.6) is 0 Å². The Morgan fingerprint density at radius 3 is 2.37 bits per heavy atom. The molecule has 0 radical (unpaired) electrons. The van der Waals surface area contributed by atoms with E-state index >= 15 is 0 Å². The molecule has 0 saturated heterocycles. The van der Waals surface area contributed by atoms with E-state index in [-0.39, 0.29) is 0 Å². The van der Waals surface area contributed by atoms with Gasteiger partial charge in [0.2, 0.25) is 15.5 Å². The third-order valence-corrected chi connectivity index (χ3v) is 6.49. The summed E-state index contributed by atoms with van der Waals surface area (Å²) < 4.78 is 106. The Hall–Kier alpha value is -1.89. The van der Waals surface area contributed by atoms with Gasteiger partial charge in [0, 0.05) is 6.42 Å². The van der Waals surface area contributed by atoms with Crippen molar-refractivity contribution in [2.24, 2.45) is 0 Å². The van der Waals surface area contributed by atoms with E-state index in [0.29, 0.717) is 12.1 Å². The topological polar surface area (TPSA) is 107 Å². The second kappa shape index (κ2) is 9.35. The Balaban J connectivity index is 2.92. The van der Waals surface area contributed by atoms with Crippen molar-refractivity contribution in [1.82, 2.24) is 0 Å². The molecule has 1 aromatic rings. The van der Waals surface area contributed by atoms with Gasteiger partial charge in [0.25, 0.3) is 0 Å². The molecule has 0 aliphatic heterocycles. The van der Waals surface area contributed by atoms with Gasteiger partial charge >= 0.3 is 5.97 Å². The number of halogens is 4. The number of rotatable bonds is 10. The minimum Gasteiger partial charge on any atom is -0.465 e. The third-order valence-electron chi connectivity index (χ3n) is 3.31. The number of benzene rings is 1. The minimum atomic E-state index is -4.44. The van der Waals surface area contributed by atoms with Gasteiger partial charge in [-0.3, -0.25) is 9.11 Å². The van der Waals surface area contributed by atoms with Crippen molar-refractivity contribution in [2.45, 2.75) is 18.3 Å². The summed E-state index contributed by atoms with van der Waals surface area (Å²) in [7, 11) is -7.91. The quantitative estimate of drug-likeness (QED) is 0.445. The first kappa shape index (κ1) is 23.1. The van der Waals surface area contributed by atoms with Gasteiger partial charge in [-0.1, -0.05) is 0 Å². The van der Waals surface area contributed by atoms with Crippen LogP contribution in [0.25, 0.3) is 0 Å². The molecule has 0 fully saturated rings. The van der Waals surface area contributed by atoms with Gasteiger partial charge in [-0.15, -0.1) is 0 Å². The molecule has 27 heavy (non-hydrogen) atoms. The van der Waals surface area contributed by atoms with Crippen molar-refractivity contribution in [3.63, 3.8) is 0 Å². The molecule has 0 aromatic heterocycles. The highest BCUT2D eigenvalue weighted by Crippen LogP contribution is 2.23. The molecule has 0 amide bonds. The van der Waals surface area contributed by atoms with Crippen molar-refractivity contribution in [2.75, 3.05) is 30.0 Å². The number of sulfonamides is 1. The van der Waals surface area contributed by atoms with Crippen LogP contribution >= 0.6 is 0 Å². The number of carbonyl (C=O) groups excluding carboxylic acids is 1. The molecule has 0 saturated carbocycles. The number of carbonyl (C=O) groups is 1. The molecule has 0 spiro atoms. The summed E-state index contributed by atoms with van der Waals surface area (Å²) in [6, 6.07) is 1.31. The Labute approximate surface area is 153 Å². The Morgan fingerprint density at radius 2 is 1.81 bits per heavy atom. The standard InChI is InChI=1S/C14H17F4NO6S2/c1-25-14(20)12-9(16)3-4-10(13(12)18)19-27(23,24)8-5-11(17)26(21,22)7-2-6-15/h3-4,11,19H,2,5-8H2,1H3. The first-order valence-electron chi connectivity index (χ1n) is 7.43. The number of hydrogen-bond donors (Lipinski definition) is 1. The summed E-state index contributed by atoms with van der Waals surface area (Å²) in [5.41, 5.74) is -4.48. The summed E-state index contributed by atoms with van der Waals surface area (Å²) in [4.78, 5) is 11.4. The summed E-state index contributed by atoms with van der Waals surface area (Å²) in [6.45, 7) is -0.974. The van der Waals surface area contributed by atoms with Crippen LogP contribution in [0.3, 0.4) is 0 Å². The molecule has 1 aromatic carbocycles. The van der Waals surface area contributed by atoms with Crippen LogP contribution in [0.1, 0.15) is 23.2 Å². The van der Waals surface area contributed by atoms with Gasteiger partial charge in [-0.25, -0.2) is 34.8 Å². The lowest BCUT2D eigenvalue weighted by Gasteiger charge is -2.13. The Morgan fingerprint density at radius 1 is 1.19 bits per heavy atom. The number of methoxy groups -OCH3 is 1. The van der Waals surface area contributed by atoms with E-state index in [9.17, 15) is 39.2 Å². The number of anilines is 1. The maximum absolute atomic E-state index is 14.2. The number of alkyl halides is 2. The number of esters is 1. The van der Waals surface area contributed by atoms with Crippen molar-refractivity contribution < 1.29 is 43.9 Å². The number of hydrogen-bond acceptors (Lipinski definition) is 6. The smallest absolute Gasteiger partial charge is 0.343 e. The normalized spacial score (nSPS) is 13.2. The summed E-state index contributed by atoms with van der Waals surface area (Å²) >= 11 is 0. The summed E-state index contributed by atoms with van der Waals surface area (Å²) in [6.07, 6.45) is -1.40. The molecule has 0 heterocycles. The monoisotopic (exact) mass is 435 g/mol. The van der Waals surface area contributed by atoms with Crippen LogP contribution in [0, 0.1) is 11.6 Å². The molecule has 0 aliphatic carbocycles. The van der Waals surface area contributed by atoms with E-state index in [1.54, 1.807) is 4.72 Å². The molecule has 1 rings (SSSR count). The highest BCUT2D eigenvalue weighted by Gasteiger charge is 2.28. The maximum atomic E-state index is 14.2. The first-order valence-corrected chi connectivity index (χ1v) is 10.8. The molecular formula is C14H17F4NO6S2. The van der Waals surface area contributed by atoms with E-state index in [4.69, 9.17) is 0 Å². The lowest BCUT2D eigenvalue weighted by Crippen LogP contribution is -2.26. The second-order valence-corrected chi connectivity index (χ2v) is 9.39.